The van der Waals surface area contributed by atoms with Gasteiger partial charge in [0.05, 0.1) is 11.1 Å². The van der Waals surface area contributed by atoms with Gasteiger partial charge in [0.1, 0.15) is 17.1 Å². The van der Waals surface area contributed by atoms with Crippen molar-refractivity contribution < 1.29 is 29.7 Å². The topological polar surface area (TPSA) is 112 Å². The predicted molar refractivity (Wildman–Crippen MR) is 149 cm³/mol. The molecule has 0 aliphatic heterocycles. The minimum atomic E-state index is -1.71. The van der Waals surface area contributed by atoms with Gasteiger partial charge in [-0.3, -0.25) is 14.4 Å². The fourth-order valence-electron chi connectivity index (χ4n) is 6.03. The molecule has 40 heavy (non-hydrogen) atoms. The summed E-state index contributed by atoms with van der Waals surface area (Å²) in [6.07, 6.45) is 0.979. The van der Waals surface area contributed by atoms with Crippen LogP contribution in [0.25, 0.3) is 0 Å². The summed E-state index contributed by atoms with van der Waals surface area (Å²) in [5.74, 6) is -2.38. The Hall–Kier alpha value is -4.55. The zero-order chi connectivity index (χ0) is 28.2. The summed E-state index contributed by atoms with van der Waals surface area (Å²) in [6, 6.07) is 23.2. The van der Waals surface area contributed by atoms with E-state index in [1.54, 1.807) is 12.1 Å². The third-order valence-electron chi connectivity index (χ3n) is 8.33. The maximum Gasteiger partial charge on any atom is 0.198 e. The molecular weight excluding hydrogens is 504 g/mol. The highest BCUT2D eigenvalue weighted by atomic mass is 16.3. The van der Waals surface area contributed by atoms with Gasteiger partial charge in [0.2, 0.25) is 0 Å². The summed E-state index contributed by atoms with van der Waals surface area (Å²) in [6.45, 7) is 1.27. The molecule has 0 saturated carbocycles. The summed E-state index contributed by atoms with van der Waals surface area (Å²) >= 11 is 0. The van der Waals surface area contributed by atoms with Crippen LogP contribution < -0.4 is 0 Å². The van der Waals surface area contributed by atoms with E-state index >= 15 is 0 Å². The van der Waals surface area contributed by atoms with Gasteiger partial charge in [0.25, 0.3) is 0 Å². The van der Waals surface area contributed by atoms with Crippen molar-refractivity contribution in [3.8, 4) is 11.5 Å². The van der Waals surface area contributed by atoms with Crippen molar-refractivity contribution in [1.82, 2.24) is 0 Å². The second kappa shape index (κ2) is 9.57. The van der Waals surface area contributed by atoms with Crippen molar-refractivity contribution in [2.75, 3.05) is 0 Å². The molecule has 1 unspecified atom stereocenters. The molecule has 3 N–H and O–H groups in total. The van der Waals surface area contributed by atoms with Gasteiger partial charge in [-0.1, -0.05) is 60.7 Å². The summed E-state index contributed by atoms with van der Waals surface area (Å²) in [5, 5.41) is 33.3. The normalized spacial score (nSPS) is 17.6. The molecule has 0 saturated heterocycles. The number of benzene rings is 4. The first-order valence-electron chi connectivity index (χ1n) is 13.3. The lowest BCUT2D eigenvalue weighted by molar-refractivity contribution is -0.136. The lowest BCUT2D eigenvalue weighted by Crippen LogP contribution is -2.42. The Kier molecular flexibility index (Phi) is 6.15. The van der Waals surface area contributed by atoms with E-state index in [4.69, 9.17) is 0 Å². The molecule has 0 spiro atoms. The van der Waals surface area contributed by atoms with Gasteiger partial charge in [-0.05, 0) is 67.0 Å². The van der Waals surface area contributed by atoms with Crippen LogP contribution in [0.3, 0.4) is 0 Å². The van der Waals surface area contributed by atoms with Crippen molar-refractivity contribution in [3.05, 3.63) is 128 Å². The van der Waals surface area contributed by atoms with Crippen LogP contribution >= 0.6 is 0 Å². The molecule has 0 aromatic heterocycles. The molecule has 6 nitrogen and oxygen atoms in total. The number of phenolic OH excluding ortho intramolecular Hbond substituents is 2. The molecule has 0 amide bonds. The monoisotopic (exact) mass is 532 g/mol. The maximum absolute atomic E-state index is 13.9. The fraction of sp³-hybridized carbons (Fsp3) is 0.206. The van der Waals surface area contributed by atoms with Crippen molar-refractivity contribution in [3.63, 3.8) is 0 Å². The average molecular weight is 533 g/mol. The van der Waals surface area contributed by atoms with Gasteiger partial charge < -0.3 is 15.3 Å². The smallest absolute Gasteiger partial charge is 0.198 e. The molecule has 1 atom stereocenters. The molecule has 4 aromatic rings. The van der Waals surface area contributed by atoms with E-state index in [1.807, 2.05) is 60.7 Å². The van der Waals surface area contributed by atoms with Gasteiger partial charge in [-0.15, -0.1) is 0 Å². The van der Waals surface area contributed by atoms with Crippen LogP contribution in [0.1, 0.15) is 78.6 Å². The molecule has 0 fully saturated rings. The molecule has 0 bridgehead atoms. The van der Waals surface area contributed by atoms with Crippen LogP contribution in [-0.2, 0) is 30.5 Å². The minimum absolute atomic E-state index is 0.0455. The number of hydrogen-bond donors (Lipinski definition) is 3. The molecule has 2 aliphatic rings. The number of ketones is 3. The summed E-state index contributed by atoms with van der Waals surface area (Å²) in [5.41, 5.74) is 2.44. The van der Waals surface area contributed by atoms with Crippen molar-refractivity contribution in [1.29, 1.82) is 0 Å². The minimum Gasteiger partial charge on any atom is -0.507 e. The molecule has 6 rings (SSSR count). The van der Waals surface area contributed by atoms with Gasteiger partial charge in [-0.2, -0.15) is 0 Å². The quantitative estimate of drug-likeness (QED) is 0.279. The largest absolute Gasteiger partial charge is 0.507 e. The van der Waals surface area contributed by atoms with Crippen LogP contribution in [0.4, 0.5) is 0 Å². The van der Waals surface area contributed by atoms with Crippen LogP contribution in [0.2, 0.25) is 0 Å². The Morgan fingerprint density at radius 3 is 1.65 bits per heavy atom. The molecular formula is C34H28O6. The van der Waals surface area contributed by atoms with Crippen LogP contribution in [0.15, 0.2) is 72.8 Å². The van der Waals surface area contributed by atoms with Crippen LogP contribution in [-0.4, -0.2) is 38.3 Å². The molecule has 4 aromatic carbocycles. The van der Waals surface area contributed by atoms with Gasteiger partial charge in [-0.25, -0.2) is 0 Å². The molecule has 0 radical (unpaired) electrons. The molecule has 0 heterocycles. The highest BCUT2D eigenvalue weighted by Gasteiger charge is 2.44. The highest BCUT2D eigenvalue weighted by molar-refractivity contribution is 6.30. The number of Topliss-reactive ketones (excluding diaryl/α,β-unsaturated/α-hetero) is 1. The number of phenols is 2. The number of aromatic hydroxyl groups is 2. The number of carbonyl (C=O) groups is 3. The number of carbonyl (C=O) groups excluding carboxylic acids is 3. The lowest BCUT2D eigenvalue weighted by Gasteiger charge is -2.34. The Morgan fingerprint density at radius 1 is 0.750 bits per heavy atom. The fourth-order valence-corrected chi connectivity index (χ4v) is 6.03. The number of aliphatic hydroxyl groups is 1. The van der Waals surface area contributed by atoms with E-state index in [0.717, 1.165) is 22.3 Å². The van der Waals surface area contributed by atoms with E-state index in [9.17, 15) is 29.7 Å². The Bertz CT molecular complexity index is 1700. The molecule has 6 heteroatoms. The van der Waals surface area contributed by atoms with Crippen molar-refractivity contribution >= 4 is 17.3 Å². The zero-order valence-electron chi connectivity index (χ0n) is 22.0. The Morgan fingerprint density at radius 2 is 1.20 bits per heavy atom. The van der Waals surface area contributed by atoms with E-state index < -0.39 is 28.7 Å². The molecule has 200 valence electrons. The summed E-state index contributed by atoms with van der Waals surface area (Å²) < 4.78 is 0. The average Bonchev–Trinajstić information content (AvgIpc) is 2.95. The second-order valence-electron chi connectivity index (χ2n) is 10.8. The zero-order valence-corrected chi connectivity index (χ0v) is 22.0. The van der Waals surface area contributed by atoms with E-state index in [0.29, 0.717) is 12.8 Å². The number of hydrogen-bond acceptors (Lipinski definition) is 6. The first kappa shape index (κ1) is 25.7. The van der Waals surface area contributed by atoms with Crippen LogP contribution in [0, 0.1) is 0 Å². The predicted octanol–water partition coefficient (Wildman–Crippen LogP) is 4.86. The Balaban J connectivity index is 1.51. The standard InChI is InChI=1S/C34H28O6/c1-19(35)34(40)13-12-24-27(18-34)33(39)29-28(30(24)36)31(37)25-16-22(14-20-8-4-2-5-9-20)23(17-26(25)32(29)38)15-21-10-6-3-7-11-21/h2-11,16-17,36,39-40H,12-15,18H2,1H3. The lowest BCUT2D eigenvalue weighted by atomic mass is 9.73. The SMILES string of the molecule is CC(=O)C1(O)CCc2c(O)c3c(c(O)c2C1)C(=O)c1cc(Cc2ccccc2)c(Cc2ccccc2)cc1C3=O. The summed E-state index contributed by atoms with van der Waals surface area (Å²) in [7, 11) is 0. The van der Waals surface area contributed by atoms with Gasteiger partial charge >= 0.3 is 0 Å². The van der Waals surface area contributed by atoms with Crippen molar-refractivity contribution in [2.45, 2.75) is 44.6 Å². The first-order chi connectivity index (χ1) is 19.2. The summed E-state index contributed by atoms with van der Waals surface area (Å²) in [4.78, 5) is 40.0. The van der Waals surface area contributed by atoms with E-state index in [2.05, 4.69) is 0 Å². The van der Waals surface area contributed by atoms with Gasteiger partial charge in [0.15, 0.2) is 17.3 Å². The van der Waals surface area contributed by atoms with E-state index in [1.165, 1.54) is 6.92 Å². The highest BCUT2D eigenvalue weighted by Crippen LogP contribution is 2.47. The maximum atomic E-state index is 13.9. The third-order valence-corrected chi connectivity index (χ3v) is 8.33. The third kappa shape index (κ3) is 4.12. The Labute approximate surface area is 231 Å². The molecule has 2 aliphatic carbocycles. The van der Waals surface area contributed by atoms with Crippen LogP contribution in [0.5, 0.6) is 11.5 Å². The van der Waals surface area contributed by atoms with Gasteiger partial charge in [0, 0.05) is 28.7 Å². The number of fused-ring (bicyclic) bond motifs is 3. The number of rotatable bonds is 5. The first-order valence-corrected chi connectivity index (χ1v) is 13.3. The van der Waals surface area contributed by atoms with E-state index in [-0.39, 0.29) is 58.4 Å². The van der Waals surface area contributed by atoms with Crippen molar-refractivity contribution in [2.24, 2.45) is 0 Å². The second-order valence-corrected chi connectivity index (χ2v) is 10.8.